The summed E-state index contributed by atoms with van der Waals surface area (Å²) in [4.78, 5) is -0.496. The van der Waals surface area contributed by atoms with E-state index in [2.05, 4.69) is 24.8 Å². The predicted octanol–water partition coefficient (Wildman–Crippen LogP) is -1.66. The summed E-state index contributed by atoms with van der Waals surface area (Å²) in [6.07, 6.45) is -5.47. The zero-order valence-corrected chi connectivity index (χ0v) is 11.6. The smallest absolute Gasteiger partial charge is 0.388 e. The van der Waals surface area contributed by atoms with Crippen LogP contribution < -0.4 is 5.73 Å². The van der Waals surface area contributed by atoms with Gasteiger partial charge >= 0.3 is 17.8 Å². The second kappa shape index (κ2) is 6.17. The first kappa shape index (κ1) is 19.6. The van der Waals surface area contributed by atoms with E-state index in [1.54, 1.807) is 0 Å². The van der Waals surface area contributed by atoms with E-state index in [1.165, 1.54) is 0 Å². The first-order chi connectivity index (χ1) is 8.75. The predicted molar refractivity (Wildman–Crippen MR) is 65.9 cm³/mol. The molecule has 0 aromatic carbocycles. The Morgan fingerprint density at radius 3 is 2.00 bits per heavy atom. The summed E-state index contributed by atoms with van der Waals surface area (Å²) in [7, 11) is 0.432. The Balaban J connectivity index is 5.65. The number of thiocarbonyl (C=S) groups is 1. The Morgan fingerprint density at radius 1 is 1.30 bits per heavy atom. The fraction of sp³-hybridized carbons (Fsp3) is 0.875. The quantitative estimate of drug-likeness (QED) is 0.169. The average molecular weight is 341 g/mol. The van der Waals surface area contributed by atoms with Gasteiger partial charge in [0.1, 0.15) is 6.10 Å². The summed E-state index contributed by atoms with van der Waals surface area (Å²) in [5, 5.41) is 36.1. The molecule has 0 heterocycles. The van der Waals surface area contributed by atoms with Crippen molar-refractivity contribution in [2.24, 2.45) is 5.73 Å². The number of likely N-dealkylation sites (N-methyl/N-ethyl adjacent to an activating group) is 1. The van der Waals surface area contributed by atoms with Crippen LogP contribution in [0.4, 0.5) is 17.6 Å². The number of alkyl halides is 4. The van der Waals surface area contributed by atoms with E-state index in [4.69, 9.17) is 26.2 Å². The maximum Gasteiger partial charge on any atom is 0.388 e. The number of halogens is 4. The Morgan fingerprint density at radius 2 is 1.70 bits per heavy atom. The van der Waals surface area contributed by atoms with E-state index >= 15 is 0 Å². The van der Waals surface area contributed by atoms with Crippen molar-refractivity contribution in [3.63, 3.8) is 0 Å². The van der Waals surface area contributed by atoms with Crippen molar-refractivity contribution in [2.45, 2.75) is 30.0 Å². The molecule has 0 aromatic heterocycles. The first-order valence-corrected chi connectivity index (χ1v) is 5.78. The Labute approximate surface area is 122 Å². The third-order valence-electron chi connectivity index (χ3n) is 2.56. The molecule has 0 saturated carbocycles. The molecule has 6 N–H and O–H groups in total. The molecule has 0 saturated heterocycles. The van der Waals surface area contributed by atoms with E-state index in [0.29, 0.717) is 7.05 Å². The molecule has 120 valence electrons. The summed E-state index contributed by atoms with van der Waals surface area (Å²) in [6.45, 7) is -0.898. The van der Waals surface area contributed by atoms with E-state index in [9.17, 15) is 17.6 Å². The zero-order chi connectivity index (χ0) is 16.5. The van der Waals surface area contributed by atoms with Crippen molar-refractivity contribution < 1.29 is 38.0 Å². The number of nitrogens with two attached hydrogens (primary N) is 1. The zero-order valence-electron chi connectivity index (χ0n) is 10.0. The number of aliphatic hydroxyl groups is 4. The summed E-state index contributed by atoms with van der Waals surface area (Å²) < 4.78 is 53.6. The Kier molecular flexibility index (Phi) is 6.06. The molecule has 4 atom stereocenters. The first-order valence-electron chi connectivity index (χ1n) is 4.96. The van der Waals surface area contributed by atoms with Gasteiger partial charge in [-0.05, 0) is 0 Å². The minimum atomic E-state index is -5.34. The third-order valence-corrected chi connectivity index (χ3v) is 3.10. The molecular weight excluding hydrogens is 328 g/mol. The van der Waals surface area contributed by atoms with Gasteiger partial charge in [-0.15, -0.1) is 0 Å². The maximum absolute atomic E-state index is 13.7. The van der Waals surface area contributed by atoms with Crippen LogP contribution in [-0.4, -0.2) is 73.2 Å². The molecule has 0 bridgehead atoms. The maximum atomic E-state index is 13.7. The minimum Gasteiger partial charge on any atom is -0.411 e. The van der Waals surface area contributed by atoms with Crippen molar-refractivity contribution in [1.29, 1.82) is 0 Å². The van der Waals surface area contributed by atoms with Crippen molar-refractivity contribution in [3.8, 4) is 0 Å². The molecule has 0 aliphatic carbocycles. The van der Waals surface area contributed by atoms with Gasteiger partial charge in [0.05, 0.1) is 6.10 Å². The SMILES string of the molecule is CN(C(=S)[S-])C(F)(F)C(O)(F)C(O)(F)C(O)C(O)CN. The average Bonchev–Trinajstić information content (AvgIpc) is 2.34. The molecule has 0 aliphatic rings. The molecule has 0 spiro atoms. The number of hydrogen-bond donors (Lipinski definition) is 5. The highest BCUT2D eigenvalue weighted by atomic mass is 32.1. The number of rotatable bonds is 6. The molecule has 0 rings (SSSR count). The topological polar surface area (TPSA) is 110 Å². The van der Waals surface area contributed by atoms with Crippen LogP contribution in [0.3, 0.4) is 0 Å². The molecule has 0 fully saturated rings. The second-order valence-corrected chi connectivity index (χ2v) is 4.94. The van der Waals surface area contributed by atoms with Gasteiger partial charge in [-0.3, -0.25) is 0 Å². The van der Waals surface area contributed by atoms with Crippen LogP contribution in [0.1, 0.15) is 0 Å². The molecule has 0 aliphatic heterocycles. The van der Waals surface area contributed by atoms with Crippen molar-refractivity contribution in [2.75, 3.05) is 13.6 Å². The van der Waals surface area contributed by atoms with Crippen LogP contribution in [0.25, 0.3) is 0 Å². The summed E-state index contributed by atoms with van der Waals surface area (Å²) in [5.41, 5.74) is 4.80. The van der Waals surface area contributed by atoms with Crippen LogP contribution in [0, 0.1) is 0 Å². The summed E-state index contributed by atoms with van der Waals surface area (Å²) >= 11 is 8.29. The Bertz CT molecular complexity index is 372. The van der Waals surface area contributed by atoms with E-state index in [0.717, 1.165) is 0 Å². The normalized spacial score (nSPS) is 21.5. The van der Waals surface area contributed by atoms with Gasteiger partial charge in [0.2, 0.25) is 0 Å². The van der Waals surface area contributed by atoms with Crippen LogP contribution >= 0.6 is 12.2 Å². The Hall–Kier alpha value is -0.370. The van der Waals surface area contributed by atoms with E-state index in [-0.39, 0.29) is 0 Å². The lowest BCUT2D eigenvalue weighted by Gasteiger charge is -2.44. The van der Waals surface area contributed by atoms with Crippen molar-refractivity contribution in [1.82, 2.24) is 4.90 Å². The number of aliphatic hydroxyl groups excluding tert-OH is 2. The van der Waals surface area contributed by atoms with Crippen LogP contribution in [-0.2, 0) is 12.6 Å². The molecule has 4 unspecified atom stereocenters. The largest absolute Gasteiger partial charge is 0.411 e. The lowest BCUT2D eigenvalue weighted by atomic mass is 9.96. The highest BCUT2D eigenvalue weighted by Gasteiger charge is 2.73. The third kappa shape index (κ3) is 3.10. The fourth-order valence-corrected chi connectivity index (χ4v) is 1.36. The molecule has 0 radical (unpaired) electrons. The molecular formula is C8H13F4N2O4S2-. The second-order valence-electron chi connectivity index (χ2n) is 3.91. The van der Waals surface area contributed by atoms with Crippen molar-refractivity contribution >= 4 is 29.2 Å². The fourth-order valence-electron chi connectivity index (χ4n) is 1.13. The van der Waals surface area contributed by atoms with E-state index < -0.39 is 45.7 Å². The summed E-state index contributed by atoms with van der Waals surface area (Å²) in [5.74, 6) is -10.3. The van der Waals surface area contributed by atoms with Gasteiger partial charge in [0.15, 0.2) is 0 Å². The molecule has 0 aromatic rings. The van der Waals surface area contributed by atoms with Gasteiger partial charge in [-0.1, -0.05) is 4.32 Å². The lowest BCUT2D eigenvalue weighted by Crippen LogP contribution is -2.71. The van der Waals surface area contributed by atoms with E-state index in [1.807, 2.05) is 0 Å². The highest BCUT2D eigenvalue weighted by molar-refractivity contribution is 8.00. The van der Waals surface area contributed by atoms with Gasteiger partial charge in [-0.2, -0.15) is 13.2 Å². The lowest BCUT2D eigenvalue weighted by molar-refractivity contribution is -0.412. The van der Waals surface area contributed by atoms with Gasteiger partial charge in [-0.25, -0.2) is 4.39 Å². The molecule has 12 heteroatoms. The van der Waals surface area contributed by atoms with Gasteiger partial charge < -0.3 is 55.9 Å². The van der Waals surface area contributed by atoms with Crippen LogP contribution in [0.2, 0.25) is 0 Å². The monoisotopic (exact) mass is 341 g/mol. The van der Waals surface area contributed by atoms with Gasteiger partial charge in [0.25, 0.3) is 0 Å². The van der Waals surface area contributed by atoms with Crippen LogP contribution in [0.15, 0.2) is 0 Å². The summed E-state index contributed by atoms with van der Waals surface area (Å²) in [6, 6.07) is -5.13. The number of nitrogens with zero attached hydrogens (tertiary/aromatic N) is 1. The highest BCUT2D eigenvalue weighted by Crippen LogP contribution is 2.43. The van der Waals surface area contributed by atoms with Gasteiger partial charge in [0, 0.05) is 13.6 Å². The van der Waals surface area contributed by atoms with Crippen LogP contribution in [0.5, 0.6) is 0 Å². The number of hydrogen-bond acceptors (Lipinski definition) is 7. The molecule has 20 heavy (non-hydrogen) atoms. The molecule has 6 nitrogen and oxygen atoms in total. The minimum absolute atomic E-state index is 0.432. The van der Waals surface area contributed by atoms with Crippen molar-refractivity contribution in [3.05, 3.63) is 0 Å². The molecule has 0 amide bonds. The standard InChI is InChI=1S/C8H14F4N2O4S2/c1-14(5(19)20)8(11,12)7(10,18)6(9,17)4(16)3(15)2-13/h3-4,15-18H,2,13H2,1H3,(H,19,20)/p-1.